The smallest absolute Gasteiger partial charge is 0.00310 e. The van der Waals surface area contributed by atoms with Crippen LogP contribution in [0.15, 0.2) is 12.3 Å². The van der Waals surface area contributed by atoms with Crippen LogP contribution < -0.4 is 5.32 Å². The van der Waals surface area contributed by atoms with E-state index in [1.54, 1.807) is 0 Å². The summed E-state index contributed by atoms with van der Waals surface area (Å²) in [6, 6.07) is 0. The van der Waals surface area contributed by atoms with Crippen LogP contribution in [0, 0.1) is 5.92 Å². The van der Waals surface area contributed by atoms with Crippen molar-refractivity contribution in [1.82, 2.24) is 5.32 Å². The molecule has 0 radical (unpaired) electrons. The van der Waals surface area contributed by atoms with Gasteiger partial charge in [-0.25, -0.2) is 0 Å². The summed E-state index contributed by atoms with van der Waals surface area (Å²) in [4.78, 5) is 0. The number of hydrogen-bond acceptors (Lipinski definition) is 1. The predicted molar refractivity (Wildman–Crippen MR) is 51.5 cm³/mol. The molecule has 0 amide bonds. The van der Waals surface area contributed by atoms with Crippen LogP contribution in [-0.2, 0) is 0 Å². The minimum atomic E-state index is 0.845. The lowest BCUT2D eigenvalue weighted by molar-refractivity contribution is 0.534. The Morgan fingerprint density at radius 3 is 2.45 bits per heavy atom. The van der Waals surface area contributed by atoms with E-state index in [1.807, 2.05) is 7.05 Å². The fraction of sp³-hybridized carbons (Fsp3) is 0.800. The number of nitrogens with one attached hydrogen (secondary N) is 1. The molecule has 0 saturated carbocycles. The first-order chi connectivity index (χ1) is 5.16. The molecule has 66 valence electrons. The highest BCUT2D eigenvalue weighted by Crippen LogP contribution is 2.09. The van der Waals surface area contributed by atoms with E-state index in [1.165, 1.54) is 19.3 Å². The van der Waals surface area contributed by atoms with E-state index in [9.17, 15) is 0 Å². The van der Waals surface area contributed by atoms with Gasteiger partial charge in [-0.3, -0.25) is 0 Å². The lowest BCUT2D eigenvalue weighted by atomic mass is 10.0. The minimum Gasteiger partial charge on any atom is -0.392 e. The third-order valence-corrected chi connectivity index (χ3v) is 1.86. The van der Waals surface area contributed by atoms with Gasteiger partial charge in [-0.2, -0.15) is 0 Å². The van der Waals surface area contributed by atoms with Crippen LogP contribution in [0.25, 0.3) is 0 Å². The maximum atomic E-state index is 3.88. The van der Waals surface area contributed by atoms with Crippen molar-refractivity contribution in [1.29, 1.82) is 0 Å². The van der Waals surface area contributed by atoms with Gasteiger partial charge in [0.1, 0.15) is 0 Å². The summed E-state index contributed by atoms with van der Waals surface area (Å²) in [6.45, 7) is 8.42. The minimum absolute atomic E-state index is 0.845. The zero-order valence-corrected chi connectivity index (χ0v) is 8.11. The molecule has 0 aromatic heterocycles. The second-order valence-corrected chi connectivity index (χ2v) is 3.49. The average molecular weight is 155 g/mol. The van der Waals surface area contributed by atoms with Crippen LogP contribution >= 0.6 is 0 Å². The van der Waals surface area contributed by atoms with Crippen molar-refractivity contribution in [3.63, 3.8) is 0 Å². The molecule has 0 aromatic rings. The van der Waals surface area contributed by atoms with Gasteiger partial charge in [-0.15, -0.1) is 0 Å². The van der Waals surface area contributed by atoms with E-state index in [0.717, 1.165) is 18.0 Å². The first kappa shape index (κ1) is 10.5. The molecule has 0 saturated heterocycles. The fourth-order valence-electron chi connectivity index (χ4n) is 1.02. The van der Waals surface area contributed by atoms with E-state index < -0.39 is 0 Å². The Kier molecular flexibility index (Phi) is 6.00. The van der Waals surface area contributed by atoms with Crippen molar-refractivity contribution < 1.29 is 0 Å². The topological polar surface area (TPSA) is 12.0 Å². The summed E-state index contributed by atoms with van der Waals surface area (Å²) in [6.07, 6.45) is 5.08. The average Bonchev–Trinajstić information content (AvgIpc) is 1.97. The molecule has 1 nitrogen and oxygen atoms in total. The molecule has 1 N–H and O–H groups in total. The van der Waals surface area contributed by atoms with Gasteiger partial charge >= 0.3 is 0 Å². The Labute approximate surface area is 70.9 Å². The van der Waals surface area contributed by atoms with E-state index in [4.69, 9.17) is 0 Å². The van der Waals surface area contributed by atoms with Crippen LogP contribution in [0.3, 0.4) is 0 Å². The van der Waals surface area contributed by atoms with Gasteiger partial charge in [-0.05, 0) is 18.8 Å². The second-order valence-electron chi connectivity index (χ2n) is 3.49. The van der Waals surface area contributed by atoms with E-state index >= 15 is 0 Å². The molecule has 0 fully saturated rings. The molecule has 0 rings (SSSR count). The van der Waals surface area contributed by atoms with Crippen LogP contribution in [0.1, 0.15) is 39.5 Å². The third-order valence-electron chi connectivity index (χ3n) is 1.86. The quantitative estimate of drug-likeness (QED) is 0.581. The van der Waals surface area contributed by atoms with Crippen molar-refractivity contribution in [3.05, 3.63) is 12.3 Å². The Balaban J connectivity index is 3.08. The van der Waals surface area contributed by atoms with Crippen molar-refractivity contribution in [2.75, 3.05) is 7.05 Å². The molecule has 0 aliphatic heterocycles. The van der Waals surface area contributed by atoms with Gasteiger partial charge in [0.2, 0.25) is 0 Å². The summed E-state index contributed by atoms with van der Waals surface area (Å²) in [5, 5.41) is 3.06. The van der Waals surface area contributed by atoms with Crippen LogP contribution in [0.2, 0.25) is 0 Å². The number of unbranched alkanes of at least 4 members (excludes halogenated alkanes) is 1. The van der Waals surface area contributed by atoms with Crippen molar-refractivity contribution in [2.24, 2.45) is 5.92 Å². The van der Waals surface area contributed by atoms with Gasteiger partial charge in [0.05, 0.1) is 0 Å². The Morgan fingerprint density at radius 1 is 1.36 bits per heavy atom. The van der Waals surface area contributed by atoms with Crippen LogP contribution in [0.5, 0.6) is 0 Å². The number of allylic oxidation sites excluding steroid dienone is 1. The summed E-state index contributed by atoms with van der Waals surface area (Å²) < 4.78 is 0. The molecule has 0 bridgehead atoms. The molecule has 0 aromatic carbocycles. The lowest BCUT2D eigenvalue weighted by Crippen LogP contribution is -2.03. The highest BCUT2D eigenvalue weighted by atomic mass is 14.8. The zero-order valence-electron chi connectivity index (χ0n) is 8.11. The first-order valence-electron chi connectivity index (χ1n) is 4.52. The summed E-state index contributed by atoms with van der Waals surface area (Å²) >= 11 is 0. The van der Waals surface area contributed by atoms with Crippen LogP contribution in [0.4, 0.5) is 0 Å². The molecular weight excluding hydrogens is 134 g/mol. The molecule has 0 unspecified atom stereocenters. The molecule has 0 aliphatic rings. The number of hydrogen-bond donors (Lipinski definition) is 1. The van der Waals surface area contributed by atoms with Gasteiger partial charge < -0.3 is 5.32 Å². The van der Waals surface area contributed by atoms with Crippen molar-refractivity contribution >= 4 is 0 Å². The Bertz CT molecular complexity index is 105. The molecule has 11 heavy (non-hydrogen) atoms. The van der Waals surface area contributed by atoms with Crippen molar-refractivity contribution in [3.8, 4) is 0 Å². The summed E-state index contributed by atoms with van der Waals surface area (Å²) in [5.74, 6) is 0.845. The highest BCUT2D eigenvalue weighted by molar-refractivity contribution is 4.88. The predicted octanol–water partition coefficient (Wildman–Crippen LogP) is 2.94. The maximum absolute atomic E-state index is 3.88. The third kappa shape index (κ3) is 7.44. The van der Waals surface area contributed by atoms with Gasteiger partial charge in [0.25, 0.3) is 0 Å². The highest BCUT2D eigenvalue weighted by Gasteiger charge is 1.94. The monoisotopic (exact) mass is 155 g/mol. The molecule has 1 heteroatoms. The van der Waals surface area contributed by atoms with Gasteiger partial charge in [0, 0.05) is 12.7 Å². The maximum Gasteiger partial charge on any atom is 0.00310 e. The molecule has 0 spiro atoms. The van der Waals surface area contributed by atoms with Gasteiger partial charge in [-0.1, -0.05) is 33.3 Å². The second kappa shape index (κ2) is 6.26. The van der Waals surface area contributed by atoms with Gasteiger partial charge in [0.15, 0.2) is 0 Å². The van der Waals surface area contributed by atoms with Crippen LogP contribution in [-0.4, -0.2) is 7.05 Å². The Hall–Kier alpha value is -0.460. The SMILES string of the molecule is C=C(CCCCC(C)C)NC. The molecule has 0 aliphatic carbocycles. The number of rotatable bonds is 6. The molecule has 0 heterocycles. The normalized spacial score (nSPS) is 10.2. The molecular formula is C10H21N. The van der Waals surface area contributed by atoms with Crippen molar-refractivity contribution in [2.45, 2.75) is 39.5 Å². The van der Waals surface area contributed by atoms with E-state index in [2.05, 4.69) is 25.7 Å². The van der Waals surface area contributed by atoms with E-state index in [-0.39, 0.29) is 0 Å². The molecule has 0 atom stereocenters. The standard InChI is InChI=1S/C10H21N/c1-9(2)7-5-6-8-10(3)11-4/h9,11H,3,5-8H2,1-2,4H3. The zero-order chi connectivity index (χ0) is 8.69. The summed E-state index contributed by atoms with van der Waals surface area (Å²) in [7, 11) is 1.94. The lowest BCUT2D eigenvalue weighted by Gasteiger charge is -2.05. The fourth-order valence-corrected chi connectivity index (χ4v) is 1.02. The summed E-state index contributed by atoms with van der Waals surface area (Å²) in [5.41, 5.74) is 1.16. The first-order valence-corrected chi connectivity index (χ1v) is 4.52. The van der Waals surface area contributed by atoms with E-state index in [0.29, 0.717) is 0 Å². The largest absolute Gasteiger partial charge is 0.392 e. The Morgan fingerprint density at radius 2 is 2.00 bits per heavy atom.